The highest BCUT2D eigenvalue weighted by atomic mass is 19.4. The molecule has 0 radical (unpaired) electrons. The quantitative estimate of drug-likeness (QED) is 0.810. The van der Waals surface area contributed by atoms with Gasteiger partial charge in [0.15, 0.2) is 0 Å². The number of benzene rings is 1. The molecule has 1 N–H and O–H groups in total. The molecule has 1 atom stereocenters. The zero-order valence-corrected chi connectivity index (χ0v) is 10.8. The maximum absolute atomic E-state index is 14.0. The van der Waals surface area contributed by atoms with E-state index in [4.69, 9.17) is 0 Å². The van der Waals surface area contributed by atoms with Crippen molar-refractivity contribution < 1.29 is 22.7 Å². The van der Waals surface area contributed by atoms with Gasteiger partial charge in [-0.05, 0) is 30.5 Å². The normalized spacial score (nSPS) is 17.9. The number of hydrogen-bond acceptors (Lipinski definition) is 2. The molecule has 1 aromatic carbocycles. The monoisotopic (exact) mass is 297 g/mol. The molecule has 1 unspecified atom stereocenters. The highest BCUT2D eigenvalue weighted by molar-refractivity contribution is 5.69. The number of nitrogens with zero attached hydrogens (tertiary/aromatic N) is 1. The summed E-state index contributed by atoms with van der Waals surface area (Å²) in [7, 11) is 0. The minimum atomic E-state index is -4.58. The van der Waals surface area contributed by atoms with Crippen LogP contribution in [0.3, 0.4) is 0 Å². The SMILES string of the molecule is OC1CCc2c(-c3ccc(C(F)(F)F)cc3F)cncc21. The minimum absolute atomic E-state index is 0.0708. The number of rotatable bonds is 1. The zero-order valence-electron chi connectivity index (χ0n) is 10.8. The third kappa shape index (κ3) is 2.40. The van der Waals surface area contributed by atoms with Crippen LogP contribution in [0, 0.1) is 5.82 Å². The molecule has 0 saturated carbocycles. The van der Waals surface area contributed by atoms with Crippen molar-refractivity contribution in [2.45, 2.75) is 25.1 Å². The third-order valence-electron chi connectivity index (χ3n) is 3.70. The van der Waals surface area contributed by atoms with Gasteiger partial charge in [0.25, 0.3) is 0 Å². The van der Waals surface area contributed by atoms with Crippen molar-refractivity contribution >= 4 is 0 Å². The van der Waals surface area contributed by atoms with E-state index in [1.165, 1.54) is 12.4 Å². The largest absolute Gasteiger partial charge is 0.416 e. The second kappa shape index (κ2) is 4.80. The van der Waals surface area contributed by atoms with Gasteiger partial charge in [0.2, 0.25) is 0 Å². The summed E-state index contributed by atoms with van der Waals surface area (Å²) in [5.74, 6) is -0.943. The summed E-state index contributed by atoms with van der Waals surface area (Å²) in [6, 6.07) is 2.45. The highest BCUT2D eigenvalue weighted by Crippen LogP contribution is 2.39. The van der Waals surface area contributed by atoms with Gasteiger partial charge in [-0.2, -0.15) is 13.2 Å². The number of pyridine rings is 1. The zero-order chi connectivity index (χ0) is 15.2. The van der Waals surface area contributed by atoms with Gasteiger partial charge in [-0.1, -0.05) is 6.07 Å². The predicted octanol–water partition coefficient (Wildman–Crippen LogP) is 3.89. The predicted molar refractivity (Wildman–Crippen MR) is 67.9 cm³/mol. The standard InChI is InChI=1S/C15H11F4NO/c16-13-5-8(15(17,18)19)1-2-10(13)11-6-20-7-12-9(11)3-4-14(12)21/h1-2,5-7,14,21H,3-4H2. The summed E-state index contributed by atoms with van der Waals surface area (Å²) in [6.07, 6.45) is -1.23. The summed E-state index contributed by atoms with van der Waals surface area (Å²) < 4.78 is 51.7. The molecule has 21 heavy (non-hydrogen) atoms. The van der Waals surface area contributed by atoms with E-state index in [1.807, 2.05) is 0 Å². The van der Waals surface area contributed by atoms with Gasteiger partial charge in [-0.3, -0.25) is 4.98 Å². The van der Waals surface area contributed by atoms with Crippen molar-refractivity contribution in [2.24, 2.45) is 0 Å². The fourth-order valence-corrected chi connectivity index (χ4v) is 2.65. The number of hydrogen-bond donors (Lipinski definition) is 1. The fraction of sp³-hybridized carbons (Fsp3) is 0.267. The maximum atomic E-state index is 14.0. The van der Waals surface area contributed by atoms with Crippen LogP contribution in [0.25, 0.3) is 11.1 Å². The lowest BCUT2D eigenvalue weighted by Gasteiger charge is -2.12. The van der Waals surface area contributed by atoms with Crippen molar-refractivity contribution in [2.75, 3.05) is 0 Å². The molecular formula is C15H11F4NO. The molecule has 1 heterocycles. The number of aliphatic hydroxyl groups excluding tert-OH is 1. The first-order chi connectivity index (χ1) is 9.88. The van der Waals surface area contributed by atoms with Crippen LogP contribution >= 0.6 is 0 Å². The van der Waals surface area contributed by atoms with Crippen LogP contribution in [0.15, 0.2) is 30.6 Å². The molecule has 1 aliphatic carbocycles. The van der Waals surface area contributed by atoms with Crippen LogP contribution in [-0.4, -0.2) is 10.1 Å². The second-order valence-electron chi connectivity index (χ2n) is 5.00. The van der Waals surface area contributed by atoms with Crippen LogP contribution in [0.5, 0.6) is 0 Å². The molecule has 0 fully saturated rings. The number of aromatic nitrogens is 1. The Morgan fingerprint density at radius 1 is 1.14 bits per heavy atom. The molecule has 110 valence electrons. The van der Waals surface area contributed by atoms with Gasteiger partial charge in [0, 0.05) is 29.1 Å². The van der Waals surface area contributed by atoms with Crippen LogP contribution in [0.2, 0.25) is 0 Å². The Hall–Kier alpha value is -1.95. The Labute approximate surface area is 118 Å². The first kappa shape index (κ1) is 14.0. The molecule has 3 rings (SSSR count). The summed E-state index contributed by atoms with van der Waals surface area (Å²) >= 11 is 0. The molecule has 2 nitrogen and oxygen atoms in total. The van der Waals surface area contributed by atoms with E-state index in [-0.39, 0.29) is 5.56 Å². The molecule has 0 spiro atoms. The van der Waals surface area contributed by atoms with Gasteiger partial charge in [0.05, 0.1) is 11.7 Å². The Kier molecular flexibility index (Phi) is 3.20. The summed E-state index contributed by atoms with van der Waals surface area (Å²) in [5.41, 5.74) is 0.851. The summed E-state index contributed by atoms with van der Waals surface area (Å²) in [4.78, 5) is 3.95. The maximum Gasteiger partial charge on any atom is 0.416 e. The molecule has 1 aliphatic rings. The molecule has 6 heteroatoms. The molecule has 0 amide bonds. The Balaban J connectivity index is 2.11. The van der Waals surface area contributed by atoms with Gasteiger partial charge >= 0.3 is 6.18 Å². The van der Waals surface area contributed by atoms with E-state index < -0.39 is 23.7 Å². The number of fused-ring (bicyclic) bond motifs is 1. The fourth-order valence-electron chi connectivity index (χ4n) is 2.65. The first-order valence-corrected chi connectivity index (χ1v) is 6.40. The number of alkyl halides is 3. The molecule has 2 aromatic rings. The van der Waals surface area contributed by atoms with Crippen molar-refractivity contribution in [1.82, 2.24) is 4.98 Å². The van der Waals surface area contributed by atoms with E-state index in [0.29, 0.717) is 30.0 Å². The minimum Gasteiger partial charge on any atom is -0.388 e. The molecule has 0 aliphatic heterocycles. The van der Waals surface area contributed by atoms with Crippen LogP contribution in [0.4, 0.5) is 17.6 Å². The Morgan fingerprint density at radius 3 is 2.57 bits per heavy atom. The highest BCUT2D eigenvalue weighted by Gasteiger charge is 2.32. The van der Waals surface area contributed by atoms with Gasteiger partial charge in [-0.15, -0.1) is 0 Å². The van der Waals surface area contributed by atoms with Crippen LogP contribution in [0.1, 0.15) is 29.2 Å². The van der Waals surface area contributed by atoms with Gasteiger partial charge < -0.3 is 5.11 Å². The van der Waals surface area contributed by atoms with Crippen molar-refractivity contribution in [3.63, 3.8) is 0 Å². The Bertz CT molecular complexity index is 697. The van der Waals surface area contributed by atoms with Crippen molar-refractivity contribution in [3.8, 4) is 11.1 Å². The van der Waals surface area contributed by atoms with Crippen LogP contribution in [-0.2, 0) is 12.6 Å². The Morgan fingerprint density at radius 2 is 1.90 bits per heavy atom. The average molecular weight is 297 g/mol. The van der Waals surface area contributed by atoms with E-state index in [0.717, 1.165) is 17.7 Å². The molecular weight excluding hydrogens is 286 g/mol. The summed E-state index contributed by atoms with van der Waals surface area (Å²) in [5, 5.41) is 9.79. The van der Waals surface area contributed by atoms with Crippen molar-refractivity contribution in [3.05, 3.63) is 53.1 Å². The summed E-state index contributed by atoms with van der Waals surface area (Å²) in [6.45, 7) is 0. The second-order valence-corrected chi connectivity index (χ2v) is 5.00. The molecule has 0 saturated heterocycles. The third-order valence-corrected chi connectivity index (χ3v) is 3.70. The van der Waals surface area contributed by atoms with Crippen molar-refractivity contribution in [1.29, 1.82) is 0 Å². The van der Waals surface area contributed by atoms with Gasteiger partial charge in [-0.25, -0.2) is 4.39 Å². The van der Waals surface area contributed by atoms with Gasteiger partial charge in [0.1, 0.15) is 5.82 Å². The van der Waals surface area contributed by atoms with Crippen LogP contribution < -0.4 is 0 Å². The van der Waals surface area contributed by atoms with E-state index in [2.05, 4.69) is 4.98 Å². The molecule has 1 aromatic heterocycles. The first-order valence-electron chi connectivity index (χ1n) is 6.40. The topological polar surface area (TPSA) is 33.1 Å². The average Bonchev–Trinajstić information content (AvgIpc) is 2.80. The van der Waals surface area contributed by atoms with E-state index in [1.54, 1.807) is 0 Å². The molecule has 0 bridgehead atoms. The number of halogens is 4. The lowest BCUT2D eigenvalue weighted by molar-refractivity contribution is -0.137. The number of aliphatic hydroxyl groups is 1. The lowest BCUT2D eigenvalue weighted by atomic mass is 9.98. The smallest absolute Gasteiger partial charge is 0.388 e. The van der Waals surface area contributed by atoms with E-state index >= 15 is 0 Å². The van der Waals surface area contributed by atoms with E-state index in [9.17, 15) is 22.7 Å². The lowest BCUT2D eigenvalue weighted by Crippen LogP contribution is -2.05.